The molecule has 2 rings (SSSR count). The molecule has 0 radical (unpaired) electrons. The predicted octanol–water partition coefficient (Wildman–Crippen LogP) is 2.97. The lowest BCUT2D eigenvalue weighted by molar-refractivity contribution is 0.0953. The first-order valence-electron chi connectivity index (χ1n) is 8.61. The number of hydrogen-bond donors (Lipinski definition) is 2. The van der Waals surface area contributed by atoms with Gasteiger partial charge in [-0.3, -0.25) is 9.48 Å². The Labute approximate surface area is 144 Å². The van der Waals surface area contributed by atoms with E-state index in [1.807, 2.05) is 42.9 Å². The molecule has 24 heavy (non-hydrogen) atoms. The van der Waals surface area contributed by atoms with Crippen molar-refractivity contribution in [3.63, 3.8) is 0 Å². The lowest BCUT2D eigenvalue weighted by atomic mass is 10.1. The van der Waals surface area contributed by atoms with Gasteiger partial charge in [0.2, 0.25) is 0 Å². The van der Waals surface area contributed by atoms with Crippen molar-refractivity contribution in [1.82, 2.24) is 20.4 Å². The molecule has 0 saturated carbocycles. The van der Waals surface area contributed by atoms with Gasteiger partial charge in [-0.2, -0.15) is 5.10 Å². The Kier molecular flexibility index (Phi) is 6.55. The Morgan fingerprint density at radius 1 is 1.29 bits per heavy atom. The highest BCUT2D eigenvalue weighted by Crippen LogP contribution is 2.17. The van der Waals surface area contributed by atoms with Gasteiger partial charge in [-0.15, -0.1) is 0 Å². The van der Waals surface area contributed by atoms with E-state index < -0.39 is 0 Å². The molecule has 0 spiro atoms. The van der Waals surface area contributed by atoms with E-state index in [9.17, 15) is 4.79 Å². The Hall–Kier alpha value is -2.14. The van der Waals surface area contributed by atoms with Gasteiger partial charge in [0.1, 0.15) is 0 Å². The summed E-state index contributed by atoms with van der Waals surface area (Å²) in [7, 11) is 1.95. The van der Waals surface area contributed by atoms with Gasteiger partial charge in [-0.1, -0.05) is 32.9 Å². The molecule has 1 aromatic heterocycles. The SMILES string of the molecule is CCCNC(=O)c1cccc(CNCc2cn(C)nc2C(C)C)c1. The van der Waals surface area contributed by atoms with Crippen LogP contribution in [0, 0.1) is 0 Å². The number of nitrogens with one attached hydrogen (secondary N) is 2. The van der Waals surface area contributed by atoms with Crippen LogP contribution in [0.2, 0.25) is 0 Å². The lowest BCUT2D eigenvalue weighted by Crippen LogP contribution is -2.24. The monoisotopic (exact) mass is 328 g/mol. The number of hydrogen-bond acceptors (Lipinski definition) is 3. The minimum absolute atomic E-state index is 0.00643. The first kappa shape index (κ1) is 18.2. The van der Waals surface area contributed by atoms with Crippen LogP contribution in [0.15, 0.2) is 30.5 Å². The van der Waals surface area contributed by atoms with Gasteiger partial charge in [-0.05, 0) is 30.0 Å². The molecular weight excluding hydrogens is 300 g/mol. The Balaban J connectivity index is 1.94. The summed E-state index contributed by atoms with van der Waals surface area (Å²) in [5.74, 6) is 0.404. The molecule has 2 aromatic rings. The van der Waals surface area contributed by atoms with Crippen LogP contribution >= 0.6 is 0 Å². The molecule has 5 nitrogen and oxygen atoms in total. The summed E-state index contributed by atoms with van der Waals surface area (Å²) >= 11 is 0. The van der Waals surface area contributed by atoms with Gasteiger partial charge in [0.15, 0.2) is 0 Å². The van der Waals surface area contributed by atoms with Gasteiger partial charge in [0.05, 0.1) is 5.69 Å². The number of nitrogens with zero attached hydrogens (tertiary/aromatic N) is 2. The maximum atomic E-state index is 12.0. The Bertz CT molecular complexity index is 676. The van der Waals surface area contributed by atoms with Crippen LogP contribution in [0.4, 0.5) is 0 Å². The van der Waals surface area contributed by atoms with Crippen molar-refractivity contribution in [2.75, 3.05) is 6.54 Å². The second kappa shape index (κ2) is 8.64. The maximum Gasteiger partial charge on any atom is 0.251 e. The van der Waals surface area contributed by atoms with E-state index in [1.54, 1.807) is 0 Å². The normalized spacial score (nSPS) is 11.0. The molecule has 1 aromatic carbocycles. The molecule has 0 unspecified atom stereocenters. The van der Waals surface area contributed by atoms with E-state index in [2.05, 4.69) is 35.8 Å². The average Bonchev–Trinajstić information content (AvgIpc) is 2.94. The predicted molar refractivity (Wildman–Crippen MR) is 96.9 cm³/mol. The standard InChI is InChI=1S/C19H28N4O/c1-5-9-21-19(24)16-8-6-7-15(10-16)11-20-12-17-13-23(4)22-18(17)14(2)3/h6-8,10,13-14,20H,5,9,11-12H2,1-4H3,(H,21,24). The zero-order valence-corrected chi connectivity index (χ0v) is 15.1. The van der Waals surface area contributed by atoms with Crippen molar-refractivity contribution >= 4 is 5.91 Å². The highest BCUT2D eigenvalue weighted by atomic mass is 16.1. The van der Waals surface area contributed by atoms with Crippen molar-refractivity contribution < 1.29 is 4.79 Å². The number of benzene rings is 1. The van der Waals surface area contributed by atoms with Crippen LogP contribution in [-0.2, 0) is 20.1 Å². The number of aryl methyl sites for hydroxylation is 1. The number of carbonyl (C=O) groups is 1. The summed E-state index contributed by atoms with van der Waals surface area (Å²) in [5, 5.41) is 10.9. The molecule has 0 bridgehead atoms. The van der Waals surface area contributed by atoms with Gasteiger partial charge in [0, 0.05) is 44.0 Å². The molecule has 0 fully saturated rings. The van der Waals surface area contributed by atoms with E-state index >= 15 is 0 Å². The fraction of sp³-hybridized carbons (Fsp3) is 0.474. The first-order valence-corrected chi connectivity index (χ1v) is 8.61. The summed E-state index contributed by atoms with van der Waals surface area (Å²) in [6.45, 7) is 8.56. The molecule has 0 aliphatic heterocycles. The van der Waals surface area contributed by atoms with E-state index in [0.717, 1.165) is 30.8 Å². The molecule has 0 aliphatic rings. The van der Waals surface area contributed by atoms with Crippen LogP contribution in [0.25, 0.3) is 0 Å². The third kappa shape index (κ3) is 4.93. The fourth-order valence-electron chi connectivity index (χ4n) is 2.68. The van der Waals surface area contributed by atoms with Crippen LogP contribution in [0.3, 0.4) is 0 Å². The third-order valence-electron chi connectivity index (χ3n) is 3.85. The van der Waals surface area contributed by atoms with Crippen molar-refractivity contribution in [1.29, 1.82) is 0 Å². The van der Waals surface area contributed by atoms with Crippen molar-refractivity contribution in [2.24, 2.45) is 7.05 Å². The number of rotatable bonds is 8. The number of carbonyl (C=O) groups excluding carboxylic acids is 1. The molecule has 1 amide bonds. The average molecular weight is 328 g/mol. The maximum absolute atomic E-state index is 12.0. The number of amides is 1. The zero-order valence-electron chi connectivity index (χ0n) is 15.1. The van der Waals surface area contributed by atoms with Crippen LogP contribution < -0.4 is 10.6 Å². The molecule has 1 heterocycles. The van der Waals surface area contributed by atoms with Gasteiger partial charge < -0.3 is 10.6 Å². The molecular formula is C19H28N4O. The summed E-state index contributed by atoms with van der Waals surface area (Å²) < 4.78 is 1.87. The lowest BCUT2D eigenvalue weighted by Gasteiger charge is -2.09. The molecule has 0 saturated heterocycles. The minimum atomic E-state index is -0.00643. The van der Waals surface area contributed by atoms with Gasteiger partial charge >= 0.3 is 0 Å². The second-order valence-corrected chi connectivity index (χ2v) is 6.43. The van der Waals surface area contributed by atoms with E-state index in [-0.39, 0.29) is 5.91 Å². The second-order valence-electron chi connectivity index (χ2n) is 6.43. The number of aromatic nitrogens is 2. The Morgan fingerprint density at radius 3 is 2.79 bits per heavy atom. The molecule has 0 atom stereocenters. The van der Waals surface area contributed by atoms with Crippen molar-refractivity contribution in [3.8, 4) is 0 Å². The molecule has 0 aliphatic carbocycles. The van der Waals surface area contributed by atoms with E-state index in [0.29, 0.717) is 18.0 Å². The molecule has 5 heteroatoms. The largest absolute Gasteiger partial charge is 0.352 e. The van der Waals surface area contributed by atoms with Gasteiger partial charge in [-0.25, -0.2) is 0 Å². The Morgan fingerprint density at radius 2 is 2.08 bits per heavy atom. The third-order valence-corrected chi connectivity index (χ3v) is 3.85. The minimum Gasteiger partial charge on any atom is -0.352 e. The van der Waals surface area contributed by atoms with Crippen molar-refractivity contribution in [3.05, 3.63) is 52.8 Å². The highest BCUT2D eigenvalue weighted by molar-refractivity contribution is 5.94. The first-order chi connectivity index (χ1) is 11.5. The highest BCUT2D eigenvalue weighted by Gasteiger charge is 2.11. The smallest absolute Gasteiger partial charge is 0.251 e. The van der Waals surface area contributed by atoms with Crippen molar-refractivity contribution in [2.45, 2.75) is 46.2 Å². The molecule has 2 N–H and O–H groups in total. The molecule has 130 valence electrons. The van der Waals surface area contributed by atoms with E-state index in [4.69, 9.17) is 0 Å². The topological polar surface area (TPSA) is 59.0 Å². The van der Waals surface area contributed by atoms with Gasteiger partial charge in [0.25, 0.3) is 5.91 Å². The summed E-state index contributed by atoms with van der Waals surface area (Å²) in [6, 6.07) is 7.77. The summed E-state index contributed by atoms with van der Waals surface area (Å²) in [5.41, 5.74) is 4.18. The van der Waals surface area contributed by atoms with Crippen LogP contribution in [0.5, 0.6) is 0 Å². The van der Waals surface area contributed by atoms with E-state index in [1.165, 1.54) is 5.56 Å². The summed E-state index contributed by atoms with van der Waals surface area (Å²) in [6.07, 6.45) is 3.01. The summed E-state index contributed by atoms with van der Waals surface area (Å²) in [4.78, 5) is 12.0. The zero-order chi connectivity index (χ0) is 17.5. The quantitative estimate of drug-likeness (QED) is 0.783. The fourth-order valence-corrected chi connectivity index (χ4v) is 2.68. The van der Waals surface area contributed by atoms with Crippen LogP contribution in [-0.4, -0.2) is 22.2 Å². The van der Waals surface area contributed by atoms with Crippen LogP contribution in [0.1, 0.15) is 60.3 Å².